The number of carbonyl (C=O) groups excluding carboxylic acids is 1. The van der Waals surface area contributed by atoms with Crippen LogP contribution >= 0.6 is 15.9 Å². The maximum absolute atomic E-state index is 11.7. The van der Waals surface area contributed by atoms with Crippen LogP contribution < -0.4 is 10.2 Å². The summed E-state index contributed by atoms with van der Waals surface area (Å²) in [6.45, 7) is 1.69. The van der Waals surface area contributed by atoms with Crippen molar-refractivity contribution >= 4 is 27.7 Å². The number of hydrogen-bond acceptors (Lipinski definition) is 4. The van der Waals surface area contributed by atoms with Crippen molar-refractivity contribution in [3.8, 4) is 0 Å². The predicted octanol–water partition coefficient (Wildman–Crippen LogP) is 0.954. The SMILES string of the molecule is O=C1NCC2C1CCCN2c1cc(Br)ncn1. The maximum atomic E-state index is 11.7. The van der Waals surface area contributed by atoms with Gasteiger partial charge in [-0.2, -0.15) is 0 Å². The number of anilines is 1. The van der Waals surface area contributed by atoms with Crippen LogP contribution in [0.2, 0.25) is 0 Å². The van der Waals surface area contributed by atoms with E-state index >= 15 is 0 Å². The third-order valence-corrected chi connectivity index (χ3v) is 3.95. The molecule has 3 heterocycles. The van der Waals surface area contributed by atoms with Crippen molar-refractivity contribution in [3.05, 3.63) is 17.0 Å². The molecule has 2 saturated heterocycles. The van der Waals surface area contributed by atoms with Crippen LogP contribution in [-0.4, -0.2) is 35.0 Å². The van der Waals surface area contributed by atoms with Crippen LogP contribution in [0.25, 0.3) is 0 Å². The normalized spacial score (nSPS) is 27.8. The molecule has 1 aromatic rings. The van der Waals surface area contributed by atoms with Gasteiger partial charge in [0.1, 0.15) is 16.7 Å². The molecule has 5 nitrogen and oxygen atoms in total. The van der Waals surface area contributed by atoms with Gasteiger partial charge in [0, 0.05) is 19.2 Å². The summed E-state index contributed by atoms with van der Waals surface area (Å²) in [5.74, 6) is 1.21. The minimum Gasteiger partial charge on any atom is -0.354 e. The van der Waals surface area contributed by atoms with Gasteiger partial charge in [-0.1, -0.05) is 0 Å². The lowest BCUT2D eigenvalue weighted by Crippen LogP contribution is -2.46. The van der Waals surface area contributed by atoms with Crippen molar-refractivity contribution < 1.29 is 4.79 Å². The molecular formula is C11H13BrN4O. The topological polar surface area (TPSA) is 58.1 Å². The molecule has 2 aliphatic heterocycles. The van der Waals surface area contributed by atoms with Gasteiger partial charge in [-0.25, -0.2) is 9.97 Å². The molecule has 2 fully saturated rings. The molecular weight excluding hydrogens is 284 g/mol. The summed E-state index contributed by atoms with van der Waals surface area (Å²) in [4.78, 5) is 22.2. The van der Waals surface area contributed by atoms with E-state index < -0.39 is 0 Å². The number of nitrogens with zero attached hydrogens (tertiary/aromatic N) is 3. The average Bonchev–Trinajstić information content (AvgIpc) is 2.71. The van der Waals surface area contributed by atoms with Gasteiger partial charge in [0.2, 0.25) is 5.91 Å². The second kappa shape index (κ2) is 4.25. The zero-order valence-electron chi connectivity index (χ0n) is 9.27. The molecule has 17 heavy (non-hydrogen) atoms. The van der Waals surface area contributed by atoms with E-state index in [0.717, 1.165) is 36.4 Å². The highest BCUT2D eigenvalue weighted by atomic mass is 79.9. The minimum atomic E-state index is 0.123. The maximum Gasteiger partial charge on any atom is 0.225 e. The molecule has 0 spiro atoms. The monoisotopic (exact) mass is 296 g/mol. The summed E-state index contributed by atoms with van der Waals surface area (Å²) >= 11 is 3.35. The van der Waals surface area contributed by atoms with Gasteiger partial charge in [0.05, 0.1) is 12.0 Å². The molecule has 3 rings (SSSR count). The van der Waals surface area contributed by atoms with Crippen LogP contribution in [0.4, 0.5) is 5.82 Å². The largest absolute Gasteiger partial charge is 0.354 e. The van der Waals surface area contributed by atoms with Crippen LogP contribution in [0.3, 0.4) is 0 Å². The van der Waals surface area contributed by atoms with Gasteiger partial charge < -0.3 is 10.2 Å². The third-order valence-electron chi connectivity index (χ3n) is 3.51. The smallest absolute Gasteiger partial charge is 0.225 e. The van der Waals surface area contributed by atoms with Crippen molar-refractivity contribution in [1.29, 1.82) is 0 Å². The fourth-order valence-corrected chi connectivity index (χ4v) is 3.01. The van der Waals surface area contributed by atoms with E-state index in [-0.39, 0.29) is 17.9 Å². The first kappa shape index (κ1) is 11.0. The van der Waals surface area contributed by atoms with Gasteiger partial charge >= 0.3 is 0 Å². The van der Waals surface area contributed by atoms with Crippen molar-refractivity contribution in [3.63, 3.8) is 0 Å². The molecule has 90 valence electrons. The molecule has 2 atom stereocenters. The molecule has 0 saturated carbocycles. The van der Waals surface area contributed by atoms with Crippen LogP contribution in [0.1, 0.15) is 12.8 Å². The lowest BCUT2D eigenvalue weighted by Gasteiger charge is -2.36. The Morgan fingerprint density at radius 1 is 1.47 bits per heavy atom. The molecule has 2 unspecified atom stereocenters. The van der Waals surface area contributed by atoms with Crippen molar-refractivity contribution in [1.82, 2.24) is 15.3 Å². The third kappa shape index (κ3) is 1.90. The van der Waals surface area contributed by atoms with Crippen molar-refractivity contribution in [2.45, 2.75) is 18.9 Å². The Labute approximate surface area is 108 Å². The zero-order chi connectivity index (χ0) is 11.8. The Morgan fingerprint density at radius 3 is 3.18 bits per heavy atom. The summed E-state index contributed by atoms with van der Waals surface area (Å²) in [6, 6.07) is 2.16. The van der Waals surface area contributed by atoms with Gasteiger partial charge in [-0.3, -0.25) is 4.79 Å². The van der Waals surface area contributed by atoms with Crippen LogP contribution in [0.5, 0.6) is 0 Å². The van der Waals surface area contributed by atoms with Crippen LogP contribution in [0, 0.1) is 5.92 Å². The number of halogens is 1. The number of hydrogen-bond donors (Lipinski definition) is 1. The Kier molecular flexibility index (Phi) is 2.74. The number of nitrogens with one attached hydrogen (secondary N) is 1. The van der Waals surface area contributed by atoms with Crippen LogP contribution in [0.15, 0.2) is 17.0 Å². The Bertz CT molecular complexity index is 453. The Balaban J connectivity index is 1.90. The first-order valence-corrected chi connectivity index (χ1v) is 6.57. The highest BCUT2D eigenvalue weighted by molar-refractivity contribution is 9.10. The van der Waals surface area contributed by atoms with Crippen LogP contribution in [-0.2, 0) is 4.79 Å². The van der Waals surface area contributed by atoms with E-state index in [2.05, 4.69) is 36.1 Å². The molecule has 6 heteroatoms. The lowest BCUT2D eigenvalue weighted by molar-refractivity contribution is -0.122. The van der Waals surface area contributed by atoms with E-state index in [9.17, 15) is 4.79 Å². The van der Waals surface area contributed by atoms with Gasteiger partial charge in [-0.05, 0) is 28.8 Å². The lowest BCUT2D eigenvalue weighted by atomic mass is 9.91. The van der Waals surface area contributed by atoms with Gasteiger partial charge in [0.25, 0.3) is 0 Å². The number of carbonyl (C=O) groups is 1. The highest BCUT2D eigenvalue weighted by Crippen LogP contribution is 2.30. The predicted molar refractivity (Wildman–Crippen MR) is 66.6 cm³/mol. The van der Waals surface area contributed by atoms with Crippen molar-refractivity contribution in [2.75, 3.05) is 18.0 Å². The summed E-state index contributed by atoms with van der Waals surface area (Å²) in [5.41, 5.74) is 0. The molecule has 0 bridgehead atoms. The highest BCUT2D eigenvalue weighted by Gasteiger charge is 2.41. The molecule has 2 aliphatic rings. The second-order valence-electron chi connectivity index (χ2n) is 4.45. The average molecular weight is 297 g/mol. The Morgan fingerprint density at radius 2 is 2.35 bits per heavy atom. The number of aromatic nitrogens is 2. The summed E-state index contributed by atoms with van der Waals surface area (Å²) < 4.78 is 0.780. The molecule has 1 N–H and O–H groups in total. The fraction of sp³-hybridized carbons (Fsp3) is 0.545. The van der Waals surface area contributed by atoms with Gasteiger partial charge in [-0.15, -0.1) is 0 Å². The first-order valence-electron chi connectivity index (χ1n) is 5.77. The van der Waals surface area contributed by atoms with E-state index in [1.807, 2.05) is 6.07 Å². The quantitative estimate of drug-likeness (QED) is 0.784. The zero-order valence-corrected chi connectivity index (χ0v) is 10.9. The summed E-state index contributed by atoms with van der Waals surface area (Å²) in [7, 11) is 0. The molecule has 1 amide bonds. The molecule has 0 radical (unpaired) electrons. The number of fused-ring (bicyclic) bond motifs is 1. The minimum absolute atomic E-state index is 0.123. The second-order valence-corrected chi connectivity index (χ2v) is 5.27. The van der Waals surface area contributed by atoms with Crippen molar-refractivity contribution in [2.24, 2.45) is 5.92 Å². The molecule has 1 aromatic heterocycles. The molecule has 0 aliphatic carbocycles. The number of rotatable bonds is 1. The van der Waals surface area contributed by atoms with E-state index in [0.29, 0.717) is 0 Å². The van der Waals surface area contributed by atoms with E-state index in [1.54, 1.807) is 6.33 Å². The Hall–Kier alpha value is -1.17. The standard InChI is InChI=1S/C11H13BrN4O/c12-9-4-10(15-6-14-9)16-3-1-2-7-8(16)5-13-11(7)17/h4,6-8H,1-3,5H2,(H,13,17). The van der Waals surface area contributed by atoms with E-state index in [4.69, 9.17) is 0 Å². The fourth-order valence-electron chi connectivity index (χ4n) is 2.72. The van der Waals surface area contributed by atoms with E-state index in [1.165, 1.54) is 0 Å². The first-order chi connectivity index (χ1) is 8.25. The summed E-state index contributed by atoms with van der Waals surface area (Å²) in [5, 5.41) is 2.94. The number of amides is 1. The molecule has 0 aromatic carbocycles. The summed E-state index contributed by atoms with van der Waals surface area (Å²) in [6.07, 6.45) is 3.57. The van der Waals surface area contributed by atoms with Gasteiger partial charge in [0.15, 0.2) is 0 Å². The number of piperidine rings is 1.